The van der Waals surface area contributed by atoms with Crippen LogP contribution in [-0.2, 0) is 23.2 Å². The van der Waals surface area contributed by atoms with E-state index in [1.807, 2.05) is 54.6 Å². The van der Waals surface area contributed by atoms with Crippen LogP contribution in [0.1, 0.15) is 27.3 Å². The number of benzene rings is 2. The molecule has 1 aliphatic heterocycles. The van der Waals surface area contributed by atoms with Crippen molar-refractivity contribution in [3.05, 3.63) is 89.2 Å². The van der Waals surface area contributed by atoms with Gasteiger partial charge in [0.15, 0.2) is 0 Å². The lowest BCUT2D eigenvalue weighted by atomic mass is 10.1. The second-order valence-corrected chi connectivity index (χ2v) is 6.32. The van der Waals surface area contributed by atoms with Gasteiger partial charge in [-0.2, -0.15) is 0 Å². The molecular weight excluding hydrogens is 340 g/mol. The molecule has 4 rings (SSSR count). The largest absolute Gasteiger partial charge is 0.456 e. The molecule has 0 spiro atoms. The van der Waals surface area contributed by atoms with E-state index in [1.165, 1.54) is 0 Å². The first-order chi connectivity index (χ1) is 13.1. The Hall–Kier alpha value is -3.60. The van der Waals surface area contributed by atoms with Gasteiger partial charge in [-0.15, -0.1) is 0 Å². The SMILES string of the molecule is Cn1c(C=C2C(=O)Nc3ccccc32)ccc1C(=O)OCc1ccccc1. The molecular formula is C22H18N2O3. The van der Waals surface area contributed by atoms with Gasteiger partial charge < -0.3 is 14.6 Å². The van der Waals surface area contributed by atoms with Gasteiger partial charge in [0, 0.05) is 24.0 Å². The Morgan fingerprint density at radius 2 is 1.78 bits per heavy atom. The molecule has 0 atom stereocenters. The highest BCUT2D eigenvalue weighted by atomic mass is 16.5. The number of carbonyl (C=O) groups excluding carboxylic acids is 2. The minimum atomic E-state index is -0.401. The summed E-state index contributed by atoms with van der Waals surface area (Å²) in [6.07, 6.45) is 1.79. The second-order valence-electron chi connectivity index (χ2n) is 6.32. The van der Waals surface area contributed by atoms with Crippen LogP contribution in [-0.4, -0.2) is 16.4 Å². The number of hydrogen-bond donors (Lipinski definition) is 1. The molecule has 2 aromatic carbocycles. The number of carbonyl (C=O) groups is 2. The van der Waals surface area contributed by atoms with E-state index in [2.05, 4.69) is 5.32 Å². The van der Waals surface area contributed by atoms with E-state index in [1.54, 1.807) is 29.8 Å². The summed E-state index contributed by atoms with van der Waals surface area (Å²) in [4.78, 5) is 24.7. The first kappa shape index (κ1) is 16.8. The molecule has 27 heavy (non-hydrogen) atoms. The van der Waals surface area contributed by atoms with Crippen molar-refractivity contribution in [3.63, 3.8) is 0 Å². The molecule has 0 fully saturated rings. The Labute approximate surface area is 156 Å². The first-order valence-corrected chi connectivity index (χ1v) is 8.63. The van der Waals surface area contributed by atoms with Crippen molar-refractivity contribution in [2.75, 3.05) is 5.32 Å². The van der Waals surface area contributed by atoms with Crippen LogP contribution in [0.3, 0.4) is 0 Å². The van der Waals surface area contributed by atoms with Gasteiger partial charge in [-0.25, -0.2) is 4.79 Å². The highest BCUT2D eigenvalue weighted by Crippen LogP contribution is 2.32. The summed E-state index contributed by atoms with van der Waals surface area (Å²) in [7, 11) is 1.78. The third-order valence-electron chi connectivity index (χ3n) is 4.58. The summed E-state index contributed by atoms with van der Waals surface area (Å²) < 4.78 is 7.13. The van der Waals surface area contributed by atoms with Crippen molar-refractivity contribution in [2.45, 2.75) is 6.61 Å². The number of para-hydroxylation sites is 1. The molecule has 0 saturated carbocycles. The number of esters is 1. The van der Waals surface area contributed by atoms with Gasteiger partial charge in [0.2, 0.25) is 0 Å². The van der Waals surface area contributed by atoms with Crippen molar-refractivity contribution in [2.24, 2.45) is 7.05 Å². The van der Waals surface area contributed by atoms with Crippen molar-refractivity contribution in [1.29, 1.82) is 0 Å². The fraction of sp³-hybridized carbons (Fsp3) is 0.0909. The molecule has 134 valence electrons. The maximum Gasteiger partial charge on any atom is 0.355 e. The van der Waals surface area contributed by atoms with E-state index in [9.17, 15) is 9.59 Å². The zero-order valence-electron chi connectivity index (χ0n) is 14.8. The number of hydrogen-bond acceptors (Lipinski definition) is 3. The highest BCUT2D eigenvalue weighted by molar-refractivity contribution is 6.34. The molecule has 0 bridgehead atoms. The van der Waals surface area contributed by atoms with Crippen LogP contribution < -0.4 is 5.32 Å². The Morgan fingerprint density at radius 1 is 1.04 bits per heavy atom. The molecule has 5 heteroatoms. The molecule has 1 N–H and O–H groups in total. The molecule has 5 nitrogen and oxygen atoms in total. The number of nitrogens with one attached hydrogen (secondary N) is 1. The molecule has 3 aromatic rings. The third kappa shape index (κ3) is 3.27. The lowest BCUT2D eigenvalue weighted by Gasteiger charge is -2.07. The van der Waals surface area contributed by atoms with Crippen LogP contribution in [0.25, 0.3) is 11.6 Å². The van der Waals surface area contributed by atoms with Crippen LogP contribution in [0, 0.1) is 0 Å². The average Bonchev–Trinajstić information content (AvgIpc) is 3.21. The van der Waals surface area contributed by atoms with Gasteiger partial charge >= 0.3 is 5.97 Å². The molecule has 0 saturated heterocycles. The third-order valence-corrected chi connectivity index (χ3v) is 4.58. The average molecular weight is 358 g/mol. The van der Waals surface area contributed by atoms with Gasteiger partial charge in [-0.05, 0) is 29.8 Å². The summed E-state index contributed by atoms with van der Waals surface area (Å²) in [6.45, 7) is 0.219. The van der Waals surface area contributed by atoms with Gasteiger partial charge in [0.1, 0.15) is 12.3 Å². The number of aromatic nitrogens is 1. The summed E-state index contributed by atoms with van der Waals surface area (Å²) in [5.41, 5.74) is 4.35. The van der Waals surface area contributed by atoms with Crippen LogP contribution in [0.4, 0.5) is 5.69 Å². The molecule has 0 aliphatic carbocycles. The Kier molecular flexibility index (Phi) is 4.34. The number of rotatable bonds is 4. The van der Waals surface area contributed by atoms with E-state index in [-0.39, 0.29) is 12.5 Å². The predicted octanol–water partition coefficient (Wildman–Crippen LogP) is 3.87. The smallest absolute Gasteiger partial charge is 0.355 e. The zero-order valence-corrected chi connectivity index (χ0v) is 14.8. The Bertz CT molecular complexity index is 1050. The minimum absolute atomic E-state index is 0.148. The minimum Gasteiger partial charge on any atom is -0.456 e. The number of amides is 1. The molecule has 1 aromatic heterocycles. The molecule has 0 unspecified atom stereocenters. The quantitative estimate of drug-likeness (QED) is 0.569. The molecule has 2 heterocycles. The summed E-state index contributed by atoms with van der Waals surface area (Å²) in [5.74, 6) is -0.548. The molecule has 0 radical (unpaired) electrons. The van der Waals surface area contributed by atoms with Crippen LogP contribution in [0.5, 0.6) is 0 Å². The highest BCUT2D eigenvalue weighted by Gasteiger charge is 2.24. The maximum absolute atomic E-state index is 12.4. The fourth-order valence-electron chi connectivity index (χ4n) is 3.10. The molecule has 1 amide bonds. The van der Waals surface area contributed by atoms with Crippen LogP contribution in [0.2, 0.25) is 0 Å². The van der Waals surface area contributed by atoms with E-state index in [0.717, 1.165) is 22.5 Å². The van der Waals surface area contributed by atoms with E-state index < -0.39 is 5.97 Å². The monoisotopic (exact) mass is 358 g/mol. The molecule has 1 aliphatic rings. The predicted molar refractivity (Wildman–Crippen MR) is 104 cm³/mol. The standard InChI is InChI=1S/C22H18N2O3/c1-24-16(13-18-17-9-5-6-10-19(17)23-21(18)25)11-12-20(24)22(26)27-14-15-7-3-2-4-8-15/h2-13H,14H2,1H3,(H,23,25). The van der Waals surface area contributed by atoms with Crippen molar-refractivity contribution >= 4 is 29.2 Å². The second kappa shape index (κ2) is 6.96. The summed E-state index contributed by atoms with van der Waals surface area (Å²) in [5, 5.41) is 2.85. The Balaban J connectivity index is 1.56. The summed E-state index contributed by atoms with van der Waals surface area (Å²) in [6, 6.07) is 20.6. The normalized spacial score (nSPS) is 14.1. The lowest BCUT2D eigenvalue weighted by molar-refractivity contribution is -0.110. The number of fused-ring (bicyclic) bond motifs is 1. The van der Waals surface area contributed by atoms with E-state index in [4.69, 9.17) is 4.74 Å². The maximum atomic E-state index is 12.4. The fourth-order valence-corrected chi connectivity index (χ4v) is 3.10. The van der Waals surface area contributed by atoms with Crippen molar-refractivity contribution in [3.8, 4) is 0 Å². The van der Waals surface area contributed by atoms with Crippen LogP contribution >= 0.6 is 0 Å². The van der Waals surface area contributed by atoms with Gasteiger partial charge in [-0.1, -0.05) is 48.5 Å². The van der Waals surface area contributed by atoms with Gasteiger partial charge in [0.25, 0.3) is 5.91 Å². The number of nitrogens with zero attached hydrogens (tertiary/aromatic N) is 1. The van der Waals surface area contributed by atoms with E-state index >= 15 is 0 Å². The lowest BCUT2D eigenvalue weighted by Crippen LogP contribution is -2.11. The Morgan fingerprint density at radius 3 is 2.59 bits per heavy atom. The van der Waals surface area contributed by atoms with Crippen molar-refractivity contribution in [1.82, 2.24) is 4.57 Å². The van der Waals surface area contributed by atoms with Crippen molar-refractivity contribution < 1.29 is 14.3 Å². The van der Waals surface area contributed by atoms with E-state index in [0.29, 0.717) is 11.3 Å². The van der Waals surface area contributed by atoms with Crippen LogP contribution in [0.15, 0.2) is 66.7 Å². The number of ether oxygens (including phenoxy) is 1. The summed E-state index contributed by atoms with van der Waals surface area (Å²) >= 11 is 0. The number of anilines is 1. The first-order valence-electron chi connectivity index (χ1n) is 8.63. The topological polar surface area (TPSA) is 60.3 Å². The zero-order chi connectivity index (χ0) is 18.8. The van der Waals surface area contributed by atoms with Gasteiger partial charge in [0.05, 0.1) is 5.57 Å². The van der Waals surface area contributed by atoms with Gasteiger partial charge in [-0.3, -0.25) is 4.79 Å².